The first-order chi connectivity index (χ1) is 14.3. The molecule has 0 aliphatic carbocycles. The number of nitrogens with zero attached hydrogens (tertiary/aromatic N) is 1. The normalized spacial score (nSPS) is 19.2. The second-order valence-corrected chi connectivity index (χ2v) is 8.96. The zero-order valence-corrected chi connectivity index (χ0v) is 17.1. The van der Waals surface area contributed by atoms with Crippen LogP contribution in [-0.4, -0.2) is 55.5 Å². The number of rotatable bonds is 7. The Balaban J connectivity index is 1.73. The molecule has 2 N–H and O–H groups in total. The van der Waals surface area contributed by atoms with Crippen LogP contribution in [0.25, 0.3) is 0 Å². The summed E-state index contributed by atoms with van der Waals surface area (Å²) in [5.74, 6) is -1.14. The van der Waals surface area contributed by atoms with Crippen LogP contribution in [0.1, 0.15) is 12.0 Å². The van der Waals surface area contributed by atoms with Gasteiger partial charge in [0.05, 0.1) is 29.8 Å². The molecule has 9 nitrogen and oxygen atoms in total. The van der Waals surface area contributed by atoms with Crippen LogP contribution in [-0.2, 0) is 26.0 Å². The van der Waals surface area contributed by atoms with Crippen molar-refractivity contribution in [1.29, 1.82) is 0 Å². The van der Waals surface area contributed by atoms with Crippen LogP contribution in [0.4, 0.5) is 0 Å². The highest BCUT2D eigenvalue weighted by Crippen LogP contribution is 2.30. The Morgan fingerprint density at radius 3 is 2.57 bits per heavy atom. The summed E-state index contributed by atoms with van der Waals surface area (Å²) in [5, 5.41) is 16.3. The van der Waals surface area contributed by atoms with E-state index in [1.54, 1.807) is 7.11 Å². The summed E-state index contributed by atoms with van der Waals surface area (Å²) < 4.78 is 42.1. The molecule has 1 aliphatic rings. The predicted octanol–water partition coefficient (Wildman–Crippen LogP) is 2.06. The summed E-state index contributed by atoms with van der Waals surface area (Å²) in [6.45, 7) is 0.233. The van der Waals surface area contributed by atoms with Crippen molar-refractivity contribution in [2.24, 2.45) is 5.92 Å². The Morgan fingerprint density at radius 1 is 1.17 bits per heavy atom. The predicted molar refractivity (Wildman–Crippen MR) is 104 cm³/mol. The monoisotopic (exact) mass is 437 g/mol. The second-order valence-electron chi connectivity index (χ2n) is 6.79. The van der Waals surface area contributed by atoms with E-state index in [-0.39, 0.29) is 31.1 Å². The first kappa shape index (κ1) is 22.0. The minimum atomic E-state index is -3.90. The minimum Gasteiger partial charge on any atom is -0.497 e. The van der Waals surface area contributed by atoms with Crippen molar-refractivity contribution in [3.63, 3.8) is 0 Å². The van der Waals surface area contributed by atoms with E-state index in [0.717, 1.165) is 5.56 Å². The maximum atomic E-state index is 13.0. The third-order valence-corrected chi connectivity index (χ3v) is 7.19. The van der Waals surface area contributed by atoms with E-state index in [0.29, 0.717) is 11.5 Å². The fraction of sp³-hybridized carbons (Fsp3) is 0.350. The Hall–Kier alpha value is -2.66. The molecular weight excluding hydrogens is 414 g/mol. The molecule has 162 valence electrons. The molecule has 1 aliphatic heterocycles. The third kappa shape index (κ3) is 4.90. The summed E-state index contributed by atoms with van der Waals surface area (Å²) in [4.78, 5) is 12.0. The Bertz CT molecular complexity index is 975. The fourth-order valence-electron chi connectivity index (χ4n) is 3.30. The van der Waals surface area contributed by atoms with Gasteiger partial charge in [-0.1, -0.05) is 17.4 Å². The molecule has 30 heavy (non-hydrogen) atoms. The lowest BCUT2D eigenvalue weighted by Crippen LogP contribution is -2.46. The van der Waals surface area contributed by atoms with Gasteiger partial charge in [-0.25, -0.2) is 8.42 Å². The van der Waals surface area contributed by atoms with Crippen LogP contribution < -0.4 is 9.47 Å². The fourth-order valence-corrected chi connectivity index (χ4v) is 5.20. The molecule has 0 saturated carbocycles. The summed E-state index contributed by atoms with van der Waals surface area (Å²) in [7, 11) is -2.33. The maximum absolute atomic E-state index is 13.0. The molecular formula is C20H23NO8S. The van der Waals surface area contributed by atoms with Gasteiger partial charge >= 0.3 is 0 Å². The number of sulfone groups is 1. The molecule has 3 rings (SSSR count). The zero-order valence-electron chi connectivity index (χ0n) is 16.3. The van der Waals surface area contributed by atoms with Gasteiger partial charge < -0.3 is 14.2 Å². The number of hydrogen-bond donors (Lipinski definition) is 2. The second kappa shape index (κ2) is 9.43. The van der Waals surface area contributed by atoms with Crippen LogP contribution in [0.15, 0.2) is 53.4 Å². The summed E-state index contributed by atoms with van der Waals surface area (Å²) in [5.41, 5.74) is 0.896. The summed E-state index contributed by atoms with van der Waals surface area (Å²) in [6.07, 6.45) is 0.0701. The Labute approximate surface area is 174 Å². The highest BCUT2D eigenvalue weighted by atomic mass is 32.2. The van der Waals surface area contributed by atoms with Crippen LogP contribution in [0.3, 0.4) is 0 Å². The minimum absolute atomic E-state index is 0.0170. The number of methoxy groups -OCH3 is 1. The number of hydrogen-bond acceptors (Lipinski definition) is 8. The van der Waals surface area contributed by atoms with E-state index in [1.807, 2.05) is 24.3 Å². The van der Waals surface area contributed by atoms with E-state index >= 15 is 0 Å². The number of ether oxygens (including phenoxy) is 3. The van der Waals surface area contributed by atoms with Crippen LogP contribution >= 0.6 is 0 Å². The number of carbonyl (C=O) groups excluding carboxylic acids is 1. The molecule has 1 fully saturated rings. The topological polar surface area (TPSA) is 123 Å². The molecule has 0 spiro atoms. The molecule has 2 unspecified atom stereocenters. The van der Waals surface area contributed by atoms with E-state index in [1.165, 1.54) is 24.3 Å². The molecule has 2 aromatic carbocycles. The summed E-state index contributed by atoms with van der Waals surface area (Å²) >= 11 is 0. The molecule has 1 amide bonds. The van der Waals surface area contributed by atoms with Gasteiger partial charge in [-0.15, -0.1) is 0 Å². The molecule has 0 bridgehead atoms. The molecule has 1 heterocycles. The van der Waals surface area contributed by atoms with Gasteiger partial charge in [-0.2, -0.15) is 0 Å². The molecule has 1 saturated heterocycles. The number of benzene rings is 2. The standard InChI is InChI=1S/C20H23NO8S/c1-27-16-4-2-3-14(11-16)12-29-15-5-7-17(8-6-15)30(25,26)19-9-10-28-13-18(19)20(22)21(23)24/h2-8,11,18-19,23-24H,9-10,12-13H2,1H3. The van der Waals surface area contributed by atoms with Gasteiger partial charge in [0.2, 0.25) is 0 Å². The van der Waals surface area contributed by atoms with Gasteiger partial charge in [0.25, 0.3) is 5.91 Å². The van der Waals surface area contributed by atoms with Gasteiger partial charge in [0.1, 0.15) is 18.1 Å². The first-order valence-corrected chi connectivity index (χ1v) is 10.8. The number of carbonyl (C=O) groups is 1. The average molecular weight is 437 g/mol. The third-order valence-electron chi connectivity index (χ3n) is 4.90. The molecule has 0 aromatic heterocycles. The van der Waals surface area contributed by atoms with E-state index in [4.69, 9.17) is 24.6 Å². The summed E-state index contributed by atoms with van der Waals surface area (Å²) in [6, 6.07) is 13.3. The average Bonchev–Trinajstić information content (AvgIpc) is 2.77. The molecule has 2 atom stereocenters. The highest BCUT2D eigenvalue weighted by molar-refractivity contribution is 7.92. The van der Waals surface area contributed by atoms with Crippen molar-refractivity contribution in [1.82, 2.24) is 5.23 Å². The SMILES string of the molecule is COc1cccc(COc2ccc(S(=O)(=O)C3CCOCC3C(=O)N(O)O)cc2)c1. The van der Waals surface area contributed by atoms with Crippen LogP contribution in [0, 0.1) is 5.92 Å². The van der Waals surface area contributed by atoms with E-state index in [2.05, 4.69) is 0 Å². The lowest BCUT2D eigenvalue weighted by Gasteiger charge is -2.30. The quantitative estimate of drug-likeness (QED) is 0.499. The molecule has 10 heteroatoms. The van der Waals surface area contributed by atoms with E-state index in [9.17, 15) is 13.2 Å². The maximum Gasteiger partial charge on any atom is 0.279 e. The lowest BCUT2D eigenvalue weighted by atomic mass is 10.0. The number of hydroxylamine groups is 2. The zero-order chi connectivity index (χ0) is 21.7. The van der Waals surface area contributed by atoms with Gasteiger partial charge in [-0.3, -0.25) is 15.2 Å². The first-order valence-electron chi connectivity index (χ1n) is 9.22. The van der Waals surface area contributed by atoms with Crippen molar-refractivity contribution in [3.05, 3.63) is 54.1 Å². The van der Waals surface area contributed by atoms with Crippen molar-refractivity contribution in [3.8, 4) is 11.5 Å². The van der Waals surface area contributed by atoms with Gasteiger partial charge in [0, 0.05) is 6.61 Å². The van der Waals surface area contributed by atoms with Crippen molar-refractivity contribution in [2.45, 2.75) is 23.2 Å². The highest BCUT2D eigenvalue weighted by Gasteiger charge is 2.42. The van der Waals surface area contributed by atoms with Gasteiger partial charge in [-0.05, 0) is 48.4 Å². The van der Waals surface area contributed by atoms with Crippen molar-refractivity contribution in [2.75, 3.05) is 20.3 Å². The Kier molecular flexibility index (Phi) is 6.93. The van der Waals surface area contributed by atoms with E-state index < -0.39 is 32.1 Å². The molecule has 0 radical (unpaired) electrons. The van der Waals surface area contributed by atoms with Crippen LogP contribution in [0.2, 0.25) is 0 Å². The van der Waals surface area contributed by atoms with Gasteiger partial charge in [0.15, 0.2) is 9.84 Å². The van der Waals surface area contributed by atoms with Crippen molar-refractivity contribution >= 4 is 15.7 Å². The lowest BCUT2D eigenvalue weighted by molar-refractivity contribution is -0.289. The Morgan fingerprint density at radius 2 is 1.90 bits per heavy atom. The van der Waals surface area contributed by atoms with Crippen molar-refractivity contribution < 1.29 is 37.8 Å². The number of amides is 1. The largest absolute Gasteiger partial charge is 0.497 e. The molecule has 2 aromatic rings. The van der Waals surface area contributed by atoms with Crippen LogP contribution in [0.5, 0.6) is 11.5 Å². The smallest absolute Gasteiger partial charge is 0.279 e.